The molecule has 31 heavy (non-hydrogen) atoms. The Balaban J connectivity index is 1.32. The third-order valence-corrected chi connectivity index (χ3v) is 5.92. The predicted octanol–water partition coefficient (Wildman–Crippen LogP) is 2.67. The van der Waals surface area contributed by atoms with E-state index in [1.807, 2.05) is 6.07 Å². The number of benzene rings is 2. The van der Waals surface area contributed by atoms with Gasteiger partial charge in [0.05, 0.1) is 18.7 Å². The number of halogens is 2. The van der Waals surface area contributed by atoms with Crippen molar-refractivity contribution in [1.29, 1.82) is 0 Å². The van der Waals surface area contributed by atoms with Crippen LogP contribution in [0.1, 0.15) is 12.0 Å². The zero-order chi connectivity index (χ0) is 22.0. The molecule has 0 bridgehead atoms. The molecule has 4 rings (SSSR count). The summed E-state index contributed by atoms with van der Waals surface area (Å²) in [7, 11) is 1.43. The highest BCUT2D eigenvalue weighted by Crippen LogP contribution is 2.28. The minimum Gasteiger partial charge on any atom is -0.494 e. The van der Waals surface area contributed by atoms with Crippen LogP contribution in [0.3, 0.4) is 0 Å². The van der Waals surface area contributed by atoms with Gasteiger partial charge < -0.3 is 14.5 Å². The molecule has 2 aromatic carbocycles. The van der Waals surface area contributed by atoms with Gasteiger partial charge in [0.1, 0.15) is 5.82 Å². The average Bonchev–Trinajstić information content (AvgIpc) is 3.15. The predicted molar refractivity (Wildman–Crippen MR) is 112 cm³/mol. The molecule has 1 atom stereocenters. The molecule has 2 heterocycles. The summed E-state index contributed by atoms with van der Waals surface area (Å²) in [5.74, 6) is -1.40. The summed E-state index contributed by atoms with van der Waals surface area (Å²) in [6.45, 7) is 3.20. The van der Waals surface area contributed by atoms with Crippen molar-refractivity contribution < 1.29 is 23.1 Å². The fourth-order valence-corrected chi connectivity index (χ4v) is 4.23. The van der Waals surface area contributed by atoms with Crippen molar-refractivity contribution in [2.45, 2.75) is 13.0 Å². The molecule has 1 unspecified atom stereocenters. The van der Waals surface area contributed by atoms with E-state index in [1.54, 1.807) is 29.2 Å². The Labute approximate surface area is 180 Å². The van der Waals surface area contributed by atoms with Crippen LogP contribution in [0.4, 0.5) is 14.5 Å². The van der Waals surface area contributed by atoms with Crippen LogP contribution in [0.5, 0.6) is 5.75 Å². The molecular formula is C23H25F2N3O3. The number of piperazine rings is 1. The maximum Gasteiger partial charge on any atom is 0.228 e. The Morgan fingerprint density at radius 2 is 1.81 bits per heavy atom. The van der Waals surface area contributed by atoms with Crippen LogP contribution in [0, 0.1) is 17.6 Å². The quantitative estimate of drug-likeness (QED) is 0.734. The number of ether oxygens (including phenoxy) is 1. The second-order valence-corrected chi connectivity index (χ2v) is 7.93. The van der Waals surface area contributed by atoms with Crippen molar-refractivity contribution in [3.8, 4) is 5.75 Å². The van der Waals surface area contributed by atoms with E-state index < -0.39 is 11.7 Å². The van der Waals surface area contributed by atoms with Crippen LogP contribution in [0.15, 0.2) is 42.5 Å². The standard InChI is InChI=1S/C23H25F2N3O3/c1-31-21-7-6-16(12-19(21)25)14-26-8-10-27(11-9-26)23(30)17-13-22(29)28(15-17)20-5-3-2-4-18(20)24/h2-7,12,17H,8-11,13-15H2,1H3. The number of para-hydroxylation sites is 1. The molecule has 6 nitrogen and oxygen atoms in total. The molecule has 2 saturated heterocycles. The van der Waals surface area contributed by atoms with Crippen molar-refractivity contribution in [1.82, 2.24) is 9.80 Å². The SMILES string of the molecule is COc1ccc(CN2CCN(C(=O)C3CC(=O)N(c4ccccc4F)C3)CC2)cc1F. The lowest BCUT2D eigenvalue weighted by Gasteiger charge is -2.36. The van der Waals surface area contributed by atoms with Crippen molar-refractivity contribution in [2.24, 2.45) is 5.92 Å². The van der Waals surface area contributed by atoms with Crippen molar-refractivity contribution in [3.05, 3.63) is 59.7 Å². The molecule has 0 N–H and O–H groups in total. The first-order chi connectivity index (χ1) is 15.0. The Bertz CT molecular complexity index is 976. The van der Waals surface area contributed by atoms with Gasteiger partial charge in [-0.25, -0.2) is 8.78 Å². The molecule has 2 aliphatic heterocycles. The van der Waals surface area contributed by atoms with E-state index in [2.05, 4.69) is 4.90 Å². The van der Waals surface area contributed by atoms with Crippen LogP contribution >= 0.6 is 0 Å². The number of hydrogen-bond donors (Lipinski definition) is 0. The molecule has 164 valence electrons. The number of hydrogen-bond acceptors (Lipinski definition) is 4. The molecule has 0 aliphatic carbocycles. The average molecular weight is 429 g/mol. The highest BCUT2D eigenvalue weighted by atomic mass is 19.1. The molecule has 2 fully saturated rings. The van der Waals surface area contributed by atoms with Crippen LogP contribution in [-0.4, -0.2) is 61.4 Å². The van der Waals surface area contributed by atoms with Crippen LogP contribution < -0.4 is 9.64 Å². The van der Waals surface area contributed by atoms with E-state index in [0.717, 1.165) is 5.56 Å². The molecule has 2 aliphatic rings. The first kappa shape index (κ1) is 21.2. The molecule has 0 saturated carbocycles. The molecule has 0 spiro atoms. The van der Waals surface area contributed by atoms with Gasteiger partial charge in [-0.3, -0.25) is 14.5 Å². The number of anilines is 1. The number of carbonyl (C=O) groups excluding carboxylic acids is 2. The number of nitrogens with zero attached hydrogens (tertiary/aromatic N) is 3. The lowest BCUT2D eigenvalue weighted by molar-refractivity contribution is -0.137. The van der Waals surface area contributed by atoms with E-state index >= 15 is 0 Å². The van der Waals surface area contributed by atoms with E-state index in [1.165, 1.54) is 24.1 Å². The fraction of sp³-hybridized carbons (Fsp3) is 0.391. The van der Waals surface area contributed by atoms with Crippen LogP contribution in [0.25, 0.3) is 0 Å². The van der Waals surface area contributed by atoms with Gasteiger partial charge in [-0.1, -0.05) is 18.2 Å². The molecule has 0 radical (unpaired) electrons. The second-order valence-electron chi connectivity index (χ2n) is 7.93. The number of amides is 2. The largest absolute Gasteiger partial charge is 0.494 e. The monoisotopic (exact) mass is 429 g/mol. The third kappa shape index (κ3) is 4.54. The third-order valence-electron chi connectivity index (χ3n) is 5.92. The van der Waals surface area contributed by atoms with Crippen molar-refractivity contribution >= 4 is 17.5 Å². The maximum absolute atomic E-state index is 14.1. The van der Waals surface area contributed by atoms with Gasteiger partial charge in [0.25, 0.3) is 0 Å². The zero-order valence-corrected chi connectivity index (χ0v) is 17.4. The van der Waals surface area contributed by atoms with Crippen molar-refractivity contribution in [2.75, 3.05) is 44.7 Å². The Hall–Kier alpha value is -3.00. The van der Waals surface area contributed by atoms with Crippen LogP contribution in [0.2, 0.25) is 0 Å². The van der Waals surface area contributed by atoms with Crippen molar-refractivity contribution in [3.63, 3.8) is 0 Å². The summed E-state index contributed by atoms with van der Waals surface area (Å²) in [6.07, 6.45) is 0.0957. The van der Waals surface area contributed by atoms with Gasteiger partial charge >= 0.3 is 0 Å². The summed E-state index contributed by atoms with van der Waals surface area (Å²) >= 11 is 0. The molecule has 2 amide bonds. The summed E-state index contributed by atoms with van der Waals surface area (Å²) < 4.78 is 32.9. The van der Waals surface area contributed by atoms with Gasteiger partial charge in [0.15, 0.2) is 11.6 Å². The minimum atomic E-state index is -0.465. The van der Waals surface area contributed by atoms with E-state index in [4.69, 9.17) is 4.74 Å². The first-order valence-corrected chi connectivity index (χ1v) is 10.3. The Kier molecular flexibility index (Phi) is 6.18. The van der Waals surface area contributed by atoms with E-state index in [0.29, 0.717) is 32.7 Å². The first-order valence-electron chi connectivity index (χ1n) is 10.3. The second kappa shape index (κ2) is 9.01. The van der Waals surface area contributed by atoms with Crippen LogP contribution in [-0.2, 0) is 16.1 Å². The fourth-order valence-electron chi connectivity index (χ4n) is 4.23. The highest BCUT2D eigenvalue weighted by molar-refractivity contribution is 6.00. The smallest absolute Gasteiger partial charge is 0.228 e. The Morgan fingerprint density at radius 3 is 2.48 bits per heavy atom. The minimum absolute atomic E-state index is 0.0673. The topological polar surface area (TPSA) is 53.1 Å². The number of carbonyl (C=O) groups is 2. The van der Waals surface area contributed by atoms with Gasteiger partial charge in [-0.05, 0) is 29.8 Å². The summed E-state index contributed by atoms with van der Waals surface area (Å²) in [6, 6.07) is 11.0. The highest BCUT2D eigenvalue weighted by Gasteiger charge is 2.38. The number of rotatable bonds is 5. The van der Waals surface area contributed by atoms with Gasteiger partial charge in [-0.15, -0.1) is 0 Å². The van der Waals surface area contributed by atoms with E-state index in [-0.39, 0.29) is 42.0 Å². The van der Waals surface area contributed by atoms with Gasteiger partial charge in [0.2, 0.25) is 11.8 Å². The zero-order valence-electron chi connectivity index (χ0n) is 17.4. The summed E-state index contributed by atoms with van der Waals surface area (Å²) in [5.41, 5.74) is 1.07. The number of methoxy groups -OCH3 is 1. The lowest BCUT2D eigenvalue weighted by Crippen LogP contribution is -2.50. The summed E-state index contributed by atoms with van der Waals surface area (Å²) in [4.78, 5) is 30.7. The molecule has 8 heteroatoms. The molecule has 2 aromatic rings. The van der Waals surface area contributed by atoms with E-state index in [9.17, 15) is 18.4 Å². The Morgan fingerprint density at radius 1 is 1.06 bits per heavy atom. The lowest BCUT2D eigenvalue weighted by atomic mass is 10.1. The summed E-state index contributed by atoms with van der Waals surface area (Å²) in [5, 5.41) is 0. The maximum atomic E-state index is 14.1. The normalized spacial score (nSPS) is 19.7. The van der Waals surface area contributed by atoms with Gasteiger partial charge in [-0.2, -0.15) is 0 Å². The molecule has 0 aromatic heterocycles. The molecular weight excluding hydrogens is 404 g/mol. The van der Waals surface area contributed by atoms with Gasteiger partial charge in [0, 0.05) is 45.7 Å².